The lowest BCUT2D eigenvalue weighted by molar-refractivity contribution is -0.0615. The van der Waals surface area contributed by atoms with Crippen LogP contribution in [0.5, 0.6) is 5.75 Å². The van der Waals surface area contributed by atoms with Crippen molar-refractivity contribution >= 4 is 0 Å². The molecule has 1 aromatic rings. The molecule has 1 unspecified atom stereocenters. The van der Waals surface area contributed by atoms with Crippen molar-refractivity contribution in [3.8, 4) is 5.75 Å². The first-order valence-electron chi connectivity index (χ1n) is 7.28. The summed E-state index contributed by atoms with van der Waals surface area (Å²) in [6.07, 6.45) is 1.44. The van der Waals surface area contributed by atoms with Gasteiger partial charge in [-0.1, -0.05) is 19.1 Å². The first-order chi connectivity index (χ1) is 9.63. The zero-order chi connectivity index (χ0) is 14.4. The Labute approximate surface area is 121 Å². The Morgan fingerprint density at radius 3 is 2.55 bits per heavy atom. The van der Waals surface area contributed by atoms with Crippen LogP contribution in [0.1, 0.15) is 31.2 Å². The second-order valence-corrected chi connectivity index (χ2v) is 5.64. The molecule has 1 aromatic carbocycles. The highest BCUT2D eigenvalue weighted by molar-refractivity contribution is 5.29. The van der Waals surface area contributed by atoms with E-state index in [0.29, 0.717) is 25.7 Å². The van der Waals surface area contributed by atoms with Gasteiger partial charge in [-0.2, -0.15) is 0 Å². The van der Waals surface area contributed by atoms with Gasteiger partial charge in [-0.3, -0.25) is 0 Å². The summed E-state index contributed by atoms with van der Waals surface area (Å²) >= 11 is 0. The minimum Gasteiger partial charge on any atom is -0.497 e. The van der Waals surface area contributed by atoms with E-state index < -0.39 is 5.60 Å². The van der Waals surface area contributed by atoms with Gasteiger partial charge in [0.05, 0.1) is 12.7 Å². The Morgan fingerprint density at radius 1 is 1.30 bits per heavy atom. The van der Waals surface area contributed by atoms with Crippen LogP contribution in [0.2, 0.25) is 0 Å². The van der Waals surface area contributed by atoms with Gasteiger partial charge in [0, 0.05) is 39.1 Å². The van der Waals surface area contributed by atoms with Crippen molar-refractivity contribution in [2.45, 2.75) is 31.3 Å². The number of rotatable bonds is 6. The lowest BCUT2D eigenvalue weighted by atomic mass is 9.94. The van der Waals surface area contributed by atoms with Crippen molar-refractivity contribution in [3.05, 3.63) is 29.8 Å². The second-order valence-electron chi connectivity index (χ2n) is 5.64. The molecule has 2 N–H and O–H groups in total. The molecule has 4 nitrogen and oxygen atoms in total. The van der Waals surface area contributed by atoms with Crippen molar-refractivity contribution in [1.82, 2.24) is 5.32 Å². The molecule has 1 aliphatic rings. The van der Waals surface area contributed by atoms with Crippen LogP contribution in [0.15, 0.2) is 24.3 Å². The SMILES string of the molecule is COc1ccc(C(C)CNCC2(O)CCOCC2)cc1. The molecule has 1 saturated heterocycles. The lowest BCUT2D eigenvalue weighted by Crippen LogP contribution is -2.45. The zero-order valence-corrected chi connectivity index (χ0v) is 12.4. The van der Waals surface area contributed by atoms with Gasteiger partial charge in [0.15, 0.2) is 0 Å². The van der Waals surface area contributed by atoms with Gasteiger partial charge in [0.25, 0.3) is 0 Å². The summed E-state index contributed by atoms with van der Waals surface area (Å²) in [5.41, 5.74) is 0.676. The van der Waals surface area contributed by atoms with E-state index in [9.17, 15) is 5.11 Å². The Hall–Kier alpha value is -1.10. The molecule has 1 atom stereocenters. The van der Waals surface area contributed by atoms with Crippen molar-refractivity contribution in [2.24, 2.45) is 0 Å². The fourth-order valence-corrected chi connectivity index (χ4v) is 2.50. The van der Waals surface area contributed by atoms with E-state index in [1.165, 1.54) is 5.56 Å². The van der Waals surface area contributed by atoms with E-state index in [1.807, 2.05) is 12.1 Å². The first-order valence-corrected chi connectivity index (χ1v) is 7.28. The van der Waals surface area contributed by atoms with E-state index in [1.54, 1.807) is 7.11 Å². The van der Waals surface area contributed by atoms with E-state index in [4.69, 9.17) is 9.47 Å². The monoisotopic (exact) mass is 279 g/mol. The highest BCUT2D eigenvalue weighted by atomic mass is 16.5. The van der Waals surface area contributed by atoms with Crippen LogP contribution in [0.3, 0.4) is 0 Å². The molecule has 4 heteroatoms. The zero-order valence-electron chi connectivity index (χ0n) is 12.4. The van der Waals surface area contributed by atoms with Crippen molar-refractivity contribution in [3.63, 3.8) is 0 Å². The van der Waals surface area contributed by atoms with Crippen LogP contribution in [0, 0.1) is 0 Å². The summed E-state index contributed by atoms with van der Waals surface area (Å²) in [5.74, 6) is 1.29. The van der Waals surface area contributed by atoms with Crippen LogP contribution in [0.4, 0.5) is 0 Å². The number of hydrogen-bond donors (Lipinski definition) is 2. The molecule has 0 aromatic heterocycles. The summed E-state index contributed by atoms with van der Waals surface area (Å²) in [5, 5.41) is 13.7. The summed E-state index contributed by atoms with van der Waals surface area (Å²) in [4.78, 5) is 0. The van der Waals surface area contributed by atoms with Gasteiger partial charge in [-0.05, 0) is 23.6 Å². The first kappa shape index (κ1) is 15.3. The third-order valence-electron chi connectivity index (χ3n) is 4.01. The van der Waals surface area contributed by atoms with Gasteiger partial charge in [0.2, 0.25) is 0 Å². The van der Waals surface area contributed by atoms with Crippen molar-refractivity contribution in [1.29, 1.82) is 0 Å². The fraction of sp³-hybridized carbons (Fsp3) is 0.625. The van der Waals surface area contributed by atoms with E-state index >= 15 is 0 Å². The third-order valence-corrected chi connectivity index (χ3v) is 4.01. The highest BCUT2D eigenvalue weighted by Gasteiger charge is 2.29. The maximum absolute atomic E-state index is 10.4. The van der Waals surface area contributed by atoms with Gasteiger partial charge >= 0.3 is 0 Å². The fourth-order valence-electron chi connectivity index (χ4n) is 2.50. The molecule has 0 bridgehead atoms. The van der Waals surface area contributed by atoms with Crippen LogP contribution in [0.25, 0.3) is 0 Å². The maximum Gasteiger partial charge on any atom is 0.118 e. The molecule has 0 radical (unpaired) electrons. The largest absolute Gasteiger partial charge is 0.497 e. The van der Waals surface area contributed by atoms with E-state index in [0.717, 1.165) is 25.1 Å². The quantitative estimate of drug-likeness (QED) is 0.835. The van der Waals surface area contributed by atoms with Gasteiger partial charge < -0.3 is 19.9 Å². The highest BCUT2D eigenvalue weighted by Crippen LogP contribution is 2.21. The number of methoxy groups -OCH3 is 1. The Balaban J connectivity index is 1.77. The van der Waals surface area contributed by atoms with Gasteiger partial charge in [0.1, 0.15) is 5.75 Å². The van der Waals surface area contributed by atoms with E-state index in [-0.39, 0.29) is 0 Å². The van der Waals surface area contributed by atoms with Crippen molar-refractivity contribution < 1.29 is 14.6 Å². The van der Waals surface area contributed by atoms with Crippen LogP contribution in [-0.4, -0.2) is 44.1 Å². The average molecular weight is 279 g/mol. The summed E-state index contributed by atoms with van der Waals surface area (Å²) in [6, 6.07) is 8.15. The number of hydrogen-bond acceptors (Lipinski definition) is 4. The summed E-state index contributed by atoms with van der Waals surface area (Å²) in [6.45, 7) is 4.99. The predicted octanol–water partition coefficient (Wildman–Crippen LogP) is 1.93. The van der Waals surface area contributed by atoms with Crippen LogP contribution < -0.4 is 10.1 Å². The normalized spacial score (nSPS) is 19.6. The Kier molecular flexibility index (Phi) is 5.40. The molecular formula is C16H25NO3. The Bertz CT molecular complexity index is 399. The molecule has 0 amide bonds. The smallest absolute Gasteiger partial charge is 0.118 e. The summed E-state index contributed by atoms with van der Waals surface area (Å²) < 4.78 is 10.4. The molecular weight excluding hydrogens is 254 g/mol. The number of nitrogens with one attached hydrogen (secondary N) is 1. The van der Waals surface area contributed by atoms with Crippen LogP contribution in [-0.2, 0) is 4.74 Å². The van der Waals surface area contributed by atoms with Crippen LogP contribution >= 0.6 is 0 Å². The summed E-state index contributed by atoms with van der Waals surface area (Å²) in [7, 11) is 1.68. The minimum absolute atomic E-state index is 0.407. The van der Waals surface area contributed by atoms with E-state index in [2.05, 4.69) is 24.4 Å². The number of ether oxygens (including phenoxy) is 2. The maximum atomic E-state index is 10.4. The predicted molar refractivity (Wildman–Crippen MR) is 79.3 cm³/mol. The standard InChI is InChI=1S/C16H25NO3/c1-13(14-3-5-15(19-2)6-4-14)11-17-12-16(18)7-9-20-10-8-16/h3-6,13,17-18H,7-12H2,1-2H3. The van der Waals surface area contributed by atoms with Gasteiger partial charge in [-0.25, -0.2) is 0 Å². The molecule has 112 valence electrons. The topological polar surface area (TPSA) is 50.7 Å². The molecule has 0 spiro atoms. The van der Waals surface area contributed by atoms with Crippen molar-refractivity contribution in [2.75, 3.05) is 33.4 Å². The Morgan fingerprint density at radius 2 is 1.95 bits per heavy atom. The molecule has 0 saturated carbocycles. The number of aliphatic hydroxyl groups is 1. The molecule has 1 heterocycles. The average Bonchev–Trinajstić information content (AvgIpc) is 2.48. The second kappa shape index (κ2) is 7.07. The lowest BCUT2D eigenvalue weighted by Gasteiger charge is -2.32. The molecule has 0 aliphatic carbocycles. The molecule has 1 fully saturated rings. The van der Waals surface area contributed by atoms with Gasteiger partial charge in [-0.15, -0.1) is 0 Å². The molecule has 2 rings (SSSR count). The number of benzene rings is 1. The minimum atomic E-state index is -0.599. The third kappa shape index (κ3) is 4.20. The molecule has 20 heavy (non-hydrogen) atoms. The molecule has 1 aliphatic heterocycles.